The Morgan fingerprint density at radius 3 is 2.36 bits per heavy atom. The molecule has 0 N–H and O–H groups in total. The van der Waals surface area contributed by atoms with Crippen molar-refractivity contribution in [2.24, 2.45) is 14.1 Å². The summed E-state index contributed by atoms with van der Waals surface area (Å²) < 4.78 is 3.06. The Bertz CT molecular complexity index is 564. The van der Waals surface area contributed by atoms with E-state index in [-0.39, 0.29) is 5.56 Å². The molecule has 0 spiro atoms. The van der Waals surface area contributed by atoms with E-state index in [9.17, 15) is 4.79 Å². The molecule has 0 unspecified atom stereocenters. The fourth-order valence-corrected chi connectivity index (χ4v) is 1.60. The van der Waals surface area contributed by atoms with Crippen LogP contribution in [0.2, 0.25) is 0 Å². The number of rotatable bonds is 0. The zero-order valence-electron chi connectivity index (χ0n) is 8.70. The monoisotopic (exact) mass is 192 g/mol. The van der Waals surface area contributed by atoms with E-state index >= 15 is 0 Å². The van der Waals surface area contributed by atoms with Crippen LogP contribution in [0.5, 0.6) is 0 Å². The van der Waals surface area contributed by atoms with E-state index in [2.05, 4.69) is 10.2 Å². The third-order valence-corrected chi connectivity index (χ3v) is 2.48. The Hall–Kier alpha value is -1.65. The van der Waals surface area contributed by atoms with E-state index in [1.54, 1.807) is 11.7 Å². The summed E-state index contributed by atoms with van der Waals surface area (Å²) in [5, 5.41) is 9.01. The molecule has 0 atom stereocenters. The maximum atomic E-state index is 11.8. The molecule has 5 heteroatoms. The molecule has 0 saturated heterocycles. The number of aromatic nitrogens is 4. The minimum atomic E-state index is -0.0869. The van der Waals surface area contributed by atoms with Gasteiger partial charge in [0.2, 0.25) is 0 Å². The summed E-state index contributed by atoms with van der Waals surface area (Å²) in [5.41, 5.74) is 2.28. The second kappa shape index (κ2) is 2.67. The van der Waals surface area contributed by atoms with Gasteiger partial charge in [0, 0.05) is 19.8 Å². The van der Waals surface area contributed by atoms with Gasteiger partial charge >= 0.3 is 0 Å². The van der Waals surface area contributed by atoms with Crippen LogP contribution in [0.1, 0.15) is 11.4 Å². The van der Waals surface area contributed by atoms with Gasteiger partial charge in [-0.2, -0.15) is 10.2 Å². The summed E-state index contributed by atoms with van der Waals surface area (Å²) in [6, 6.07) is 0. The molecule has 74 valence electrons. The molecular formula is C9H12N4O. The molecule has 2 rings (SSSR count). The third-order valence-electron chi connectivity index (χ3n) is 2.48. The molecular weight excluding hydrogens is 180 g/mol. The summed E-state index contributed by atoms with van der Waals surface area (Å²) in [6.07, 6.45) is 0. The van der Waals surface area contributed by atoms with Crippen molar-refractivity contribution < 1.29 is 0 Å². The average molecular weight is 192 g/mol. The molecule has 2 heterocycles. The quantitative estimate of drug-likeness (QED) is 0.602. The number of hydrogen-bond donors (Lipinski definition) is 0. The lowest BCUT2D eigenvalue weighted by Crippen LogP contribution is -2.20. The van der Waals surface area contributed by atoms with Gasteiger partial charge in [-0.25, -0.2) is 4.68 Å². The largest absolute Gasteiger partial charge is 0.277 e. The molecule has 0 radical (unpaired) electrons. The predicted octanol–water partition coefficient (Wildman–Crippen LogP) is 0.284. The number of aryl methyl sites for hydroxylation is 4. The Labute approximate surface area is 81.0 Å². The van der Waals surface area contributed by atoms with E-state index in [0.717, 1.165) is 11.4 Å². The Kier molecular flexibility index (Phi) is 1.70. The fraction of sp³-hybridized carbons (Fsp3) is 0.444. The second-order valence-corrected chi connectivity index (χ2v) is 3.45. The number of hydrogen-bond acceptors (Lipinski definition) is 3. The molecule has 0 aliphatic rings. The van der Waals surface area contributed by atoms with E-state index in [0.29, 0.717) is 10.9 Å². The van der Waals surface area contributed by atoms with Crippen LogP contribution in [0.3, 0.4) is 0 Å². The minimum Gasteiger partial charge on any atom is -0.271 e. The van der Waals surface area contributed by atoms with Crippen LogP contribution in [-0.4, -0.2) is 19.6 Å². The van der Waals surface area contributed by atoms with Crippen molar-refractivity contribution in [3.05, 3.63) is 21.7 Å². The van der Waals surface area contributed by atoms with Crippen molar-refractivity contribution in [1.82, 2.24) is 19.6 Å². The molecule has 2 aromatic rings. The number of nitrogens with zero attached hydrogens (tertiary/aromatic N) is 4. The molecule has 2 aromatic heterocycles. The van der Waals surface area contributed by atoms with Crippen molar-refractivity contribution in [1.29, 1.82) is 0 Å². The summed E-state index contributed by atoms with van der Waals surface area (Å²) in [7, 11) is 3.48. The first-order chi connectivity index (χ1) is 6.52. The smallest absolute Gasteiger partial charge is 0.271 e. The zero-order chi connectivity index (χ0) is 10.5. The van der Waals surface area contributed by atoms with Crippen molar-refractivity contribution >= 4 is 10.9 Å². The highest BCUT2D eigenvalue weighted by atomic mass is 16.1. The summed E-state index contributed by atoms with van der Waals surface area (Å²) in [6.45, 7) is 3.74. The Balaban J connectivity index is 3.11. The molecule has 0 fully saturated rings. The summed E-state index contributed by atoms with van der Waals surface area (Å²) in [5.74, 6) is 0. The van der Waals surface area contributed by atoms with Crippen LogP contribution < -0.4 is 5.56 Å². The summed E-state index contributed by atoms with van der Waals surface area (Å²) >= 11 is 0. The van der Waals surface area contributed by atoms with Gasteiger partial charge in [0.25, 0.3) is 5.56 Å². The average Bonchev–Trinajstić information content (AvgIpc) is 2.41. The number of fused-ring (bicyclic) bond motifs is 1. The van der Waals surface area contributed by atoms with Gasteiger partial charge in [-0.1, -0.05) is 0 Å². The molecule has 14 heavy (non-hydrogen) atoms. The lowest BCUT2D eigenvalue weighted by Gasteiger charge is -1.98. The first-order valence-corrected chi connectivity index (χ1v) is 4.39. The molecule has 0 bridgehead atoms. The first-order valence-electron chi connectivity index (χ1n) is 4.39. The molecule has 0 amide bonds. The fourth-order valence-electron chi connectivity index (χ4n) is 1.60. The Morgan fingerprint density at radius 2 is 1.71 bits per heavy atom. The zero-order valence-corrected chi connectivity index (χ0v) is 8.70. The highest BCUT2D eigenvalue weighted by molar-refractivity contribution is 5.81. The van der Waals surface area contributed by atoms with Gasteiger partial charge in [-0.05, 0) is 13.8 Å². The van der Waals surface area contributed by atoms with E-state index in [4.69, 9.17) is 0 Å². The SMILES string of the molecule is Cc1nn(C)c(=O)c2c(C)n(C)nc12. The lowest BCUT2D eigenvalue weighted by molar-refractivity contribution is 0.703. The molecule has 0 aliphatic heterocycles. The van der Waals surface area contributed by atoms with Gasteiger partial charge in [-0.15, -0.1) is 0 Å². The highest BCUT2D eigenvalue weighted by Gasteiger charge is 2.13. The highest BCUT2D eigenvalue weighted by Crippen LogP contribution is 2.13. The van der Waals surface area contributed by atoms with Crippen molar-refractivity contribution in [2.75, 3.05) is 0 Å². The van der Waals surface area contributed by atoms with Crippen molar-refractivity contribution in [3.63, 3.8) is 0 Å². The van der Waals surface area contributed by atoms with Crippen LogP contribution in [0.4, 0.5) is 0 Å². The van der Waals surface area contributed by atoms with Crippen LogP contribution in [0.25, 0.3) is 10.9 Å². The molecule has 0 aliphatic carbocycles. The Morgan fingerprint density at radius 1 is 1.07 bits per heavy atom. The van der Waals surface area contributed by atoms with Crippen LogP contribution in [0.15, 0.2) is 4.79 Å². The first kappa shape index (κ1) is 8.93. The van der Waals surface area contributed by atoms with Crippen LogP contribution >= 0.6 is 0 Å². The molecule has 5 nitrogen and oxygen atoms in total. The molecule has 0 aromatic carbocycles. The molecule has 0 saturated carbocycles. The summed E-state index contributed by atoms with van der Waals surface area (Å²) in [4.78, 5) is 11.8. The minimum absolute atomic E-state index is 0.0869. The van der Waals surface area contributed by atoms with Crippen LogP contribution in [0, 0.1) is 13.8 Å². The van der Waals surface area contributed by atoms with Crippen molar-refractivity contribution in [3.8, 4) is 0 Å². The van der Waals surface area contributed by atoms with Crippen LogP contribution in [-0.2, 0) is 14.1 Å². The van der Waals surface area contributed by atoms with Gasteiger partial charge < -0.3 is 0 Å². The normalized spacial score (nSPS) is 11.1. The van der Waals surface area contributed by atoms with Gasteiger partial charge in [0.1, 0.15) is 5.52 Å². The lowest BCUT2D eigenvalue weighted by atomic mass is 10.2. The maximum absolute atomic E-state index is 11.8. The topological polar surface area (TPSA) is 52.7 Å². The maximum Gasteiger partial charge on any atom is 0.277 e. The standard InChI is InChI=1S/C9H12N4O/c1-5-8-7(6(2)12(3)11-8)9(14)13(4)10-5/h1-4H3. The van der Waals surface area contributed by atoms with Gasteiger partial charge in [0.15, 0.2) is 0 Å². The third kappa shape index (κ3) is 0.982. The predicted molar refractivity (Wildman–Crippen MR) is 53.2 cm³/mol. The van der Waals surface area contributed by atoms with E-state index < -0.39 is 0 Å². The van der Waals surface area contributed by atoms with Crippen molar-refractivity contribution in [2.45, 2.75) is 13.8 Å². The van der Waals surface area contributed by atoms with E-state index in [1.165, 1.54) is 4.68 Å². The van der Waals surface area contributed by atoms with Gasteiger partial charge in [-0.3, -0.25) is 9.48 Å². The second-order valence-electron chi connectivity index (χ2n) is 3.45. The van der Waals surface area contributed by atoms with E-state index in [1.807, 2.05) is 20.9 Å². The van der Waals surface area contributed by atoms with Gasteiger partial charge in [0.05, 0.1) is 11.1 Å².